The summed E-state index contributed by atoms with van der Waals surface area (Å²) in [4.78, 5) is 11.1. The maximum Gasteiger partial charge on any atom is 0.274 e. The van der Waals surface area contributed by atoms with Crippen LogP contribution in [0.3, 0.4) is 0 Å². The molecule has 1 aliphatic carbocycles. The summed E-state index contributed by atoms with van der Waals surface area (Å²) in [7, 11) is 0. The molecule has 1 N–H and O–H groups in total. The fourth-order valence-electron chi connectivity index (χ4n) is 3.94. The Balaban J connectivity index is 1.83. The van der Waals surface area contributed by atoms with Gasteiger partial charge < -0.3 is 5.32 Å². The molecule has 0 aromatic heterocycles. The summed E-state index contributed by atoms with van der Waals surface area (Å²) in [6.07, 6.45) is 5.41. The van der Waals surface area contributed by atoms with Crippen LogP contribution in [0.1, 0.15) is 35.1 Å². The maximum absolute atomic E-state index is 11.4. The topological polar surface area (TPSA) is 55.2 Å². The average molecular weight is 306 g/mol. The van der Waals surface area contributed by atoms with Crippen molar-refractivity contribution in [2.75, 3.05) is 5.32 Å². The molecule has 23 heavy (non-hydrogen) atoms. The molecular formula is C19H18N2O2. The second kappa shape index (κ2) is 5.23. The van der Waals surface area contributed by atoms with E-state index in [2.05, 4.69) is 42.6 Å². The van der Waals surface area contributed by atoms with Crippen LogP contribution >= 0.6 is 0 Å². The number of nitro benzene ring substituents is 1. The molecule has 4 heteroatoms. The van der Waals surface area contributed by atoms with E-state index in [0.717, 1.165) is 17.7 Å². The van der Waals surface area contributed by atoms with Crippen LogP contribution in [0.15, 0.2) is 54.6 Å². The molecule has 0 radical (unpaired) electrons. The highest BCUT2D eigenvalue weighted by Gasteiger charge is 2.40. The molecular weight excluding hydrogens is 288 g/mol. The van der Waals surface area contributed by atoms with E-state index in [1.54, 1.807) is 12.1 Å². The quantitative estimate of drug-likeness (QED) is 0.496. The molecule has 4 rings (SSSR count). The smallest absolute Gasteiger partial charge is 0.274 e. The number of hydrogen-bond donors (Lipinski definition) is 1. The Morgan fingerprint density at radius 1 is 1.17 bits per heavy atom. The lowest BCUT2D eigenvalue weighted by Crippen LogP contribution is -2.29. The number of hydrogen-bond acceptors (Lipinski definition) is 3. The Morgan fingerprint density at radius 3 is 2.83 bits per heavy atom. The van der Waals surface area contributed by atoms with Crippen LogP contribution in [0.4, 0.5) is 11.4 Å². The minimum Gasteiger partial charge on any atom is -0.377 e. The van der Waals surface area contributed by atoms with Crippen molar-refractivity contribution in [2.45, 2.75) is 25.3 Å². The van der Waals surface area contributed by atoms with Crippen LogP contribution in [-0.4, -0.2) is 4.92 Å². The third kappa shape index (κ3) is 2.22. The minimum absolute atomic E-state index is 0.0354. The van der Waals surface area contributed by atoms with E-state index in [4.69, 9.17) is 0 Å². The van der Waals surface area contributed by atoms with E-state index in [9.17, 15) is 10.1 Å². The summed E-state index contributed by atoms with van der Waals surface area (Å²) >= 11 is 0. The molecule has 0 saturated carbocycles. The Labute approximate surface area is 135 Å². The van der Waals surface area contributed by atoms with Gasteiger partial charge in [-0.1, -0.05) is 48.0 Å². The lowest BCUT2D eigenvalue weighted by atomic mass is 9.76. The average Bonchev–Trinajstić information content (AvgIpc) is 3.04. The number of benzene rings is 2. The Morgan fingerprint density at radius 2 is 2.00 bits per heavy atom. The van der Waals surface area contributed by atoms with Crippen molar-refractivity contribution in [3.05, 3.63) is 81.4 Å². The van der Waals surface area contributed by atoms with Gasteiger partial charge in [0.2, 0.25) is 0 Å². The zero-order valence-electron chi connectivity index (χ0n) is 12.9. The van der Waals surface area contributed by atoms with Crippen LogP contribution in [0.2, 0.25) is 0 Å². The van der Waals surface area contributed by atoms with E-state index >= 15 is 0 Å². The molecule has 0 bridgehead atoms. The molecule has 3 atom stereocenters. The molecule has 1 heterocycles. The molecule has 2 aliphatic rings. The molecule has 4 nitrogen and oxygen atoms in total. The van der Waals surface area contributed by atoms with E-state index in [-0.39, 0.29) is 16.7 Å². The zero-order valence-corrected chi connectivity index (χ0v) is 12.9. The normalized spacial score (nSPS) is 24.7. The van der Waals surface area contributed by atoms with Gasteiger partial charge in [0, 0.05) is 17.7 Å². The van der Waals surface area contributed by atoms with Crippen LogP contribution in [0.25, 0.3) is 0 Å². The standard InChI is InChI=1S/C19H18N2O2/c1-12-9-10-17-16(11-12)13-6-4-7-14(13)19(20-17)15-5-2-3-8-18(15)21(22)23/h2-6,8-11,13-14,19-20H,7H2,1H3/t13-,14-,19-/m0/s1. The van der Waals surface area contributed by atoms with Crippen LogP contribution < -0.4 is 5.32 Å². The third-order valence-electron chi connectivity index (χ3n) is 4.99. The predicted molar refractivity (Wildman–Crippen MR) is 90.6 cm³/mol. The van der Waals surface area contributed by atoms with Crippen molar-refractivity contribution in [3.63, 3.8) is 0 Å². The van der Waals surface area contributed by atoms with Gasteiger partial charge in [-0.2, -0.15) is 0 Å². The van der Waals surface area contributed by atoms with Gasteiger partial charge in [0.05, 0.1) is 16.5 Å². The molecule has 0 spiro atoms. The van der Waals surface area contributed by atoms with Gasteiger partial charge in [0.1, 0.15) is 0 Å². The van der Waals surface area contributed by atoms with Crippen molar-refractivity contribution < 1.29 is 4.92 Å². The molecule has 116 valence electrons. The van der Waals surface area contributed by atoms with Gasteiger partial charge in [-0.15, -0.1) is 0 Å². The van der Waals surface area contributed by atoms with Gasteiger partial charge in [-0.25, -0.2) is 0 Å². The first-order valence-corrected chi connectivity index (χ1v) is 7.92. The molecule has 0 fully saturated rings. The number of nitrogens with one attached hydrogen (secondary N) is 1. The number of aryl methyl sites for hydroxylation is 1. The number of anilines is 1. The molecule has 0 amide bonds. The summed E-state index contributed by atoms with van der Waals surface area (Å²) in [5.41, 5.74) is 4.62. The largest absolute Gasteiger partial charge is 0.377 e. The lowest BCUT2D eigenvalue weighted by molar-refractivity contribution is -0.385. The highest BCUT2D eigenvalue weighted by Crippen LogP contribution is 2.51. The first-order valence-electron chi connectivity index (χ1n) is 7.92. The molecule has 0 saturated heterocycles. The molecule has 0 unspecified atom stereocenters. The summed E-state index contributed by atoms with van der Waals surface area (Å²) in [6, 6.07) is 13.5. The number of rotatable bonds is 2. The first kappa shape index (κ1) is 14.0. The van der Waals surface area contributed by atoms with E-state index in [1.807, 2.05) is 12.1 Å². The number of nitro groups is 1. The number of para-hydroxylation sites is 1. The van der Waals surface area contributed by atoms with Gasteiger partial charge in [0.25, 0.3) is 5.69 Å². The third-order valence-corrected chi connectivity index (χ3v) is 4.99. The Bertz CT molecular complexity index is 813. The first-order chi connectivity index (χ1) is 11.1. The summed E-state index contributed by atoms with van der Waals surface area (Å²) < 4.78 is 0. The maximum atomic E-state index is 11.4. The number of fused-ring (bicyclic) bond motifs is 3. The van der Waals surface area contributed by atoms with Crippen molar-refractivity contribution in [1.82, 2.24) is 0 Å². The second-order valence-electron chi connectivity index (χ2n) is 6.38. The fourth-order valence-corrected chi connectivity index (χ4v) is 3.94. The molecule has 2 aromatic rings. The van der Waals surface area contributed by atoms with Gasteiger partial charge in [-0.05, 0) is 30.9 Å². The zero-order chi connectivity index (χ0) is 16.0. The lowest BCUT2D eigenvalue weighted by Gasteiger charge is -2.37. The van der Waals surface area contributed by atoms with Gasteiger partial charge >= 0.3 is 0 Å². The second-order valence-corrected chi connectivity index (χ2v) is 6.38. The van der Waals surface area contributed by atoms with Crippen molar-refractivity contribution >= 4 is 11.4 Å². The van der Waals surface area contributed by atoms with E-state index in [1.165, 1.54) is 11.1 Å². The Hall–Kier alpha value is -2.62. The summed E-state index contributed by atoms with van der Waals surface area (Å²) in [5, 5.41) is 15.0. The van der Waals surface area contributed by atoms with Gasteiger partial charge in [-0.3, -0.25) is 10.1 Å². The van der Waals surface area contributed by atoms with Crippen LogP contribution in [-0.2, 0) is 0 Å². The minimum atomic E-state index is -0.279. The number of nitrogens with zero attached hydrogens (tertiary/aromatic N) is 1. The fraction of sp³-hybridized carbons (Fsp3) is 0.263. The molecule has 1 aliphatic heterocycles. The van der Waals surface area contributed by atoms with Crippen molar-refractivity contribution in [1.29, 1.82) is 0 Å². The van der Waals surface area contributed by atoms with E-state index < -0.39 is 0 Å². The van der Waals surface area contributed by atoms with E-state index in [0.29, 0.717) is 11.8 Å². The molecule has 2 aromatic carbocycles. The number of allylic oxidation sites excluding steroid dienone is 2. The van der Waals surface area contributed by atoms with Crippen molar-refractivity contribution in [2.24, 2.45) is 5.92 Å². The highest BCUT2D eigenvalue weighted by atomic mass is 16.6. The summed E-state index contributed by atoms with van der Waals surface area (Å²) in [6.45, 7) is 2.10. The SMILES string of the molecule is Cc1ccc2c(c1)[C@H]1C=CC[C@@H]1[C@@H](c1ccccc1[N+](=O)[O-])N2. The van der Waals surface area contributed by atoms with Crippen molar-refractivity contribution in [3.8, 4) is 0 Å². The predicted octanol–water partition coefficient (Wildman–Crippen LogP) is 4.73. The van der Waals surface area contributed by atoms with Crippen LogP contribution in [0, 0.1) is 23.0 Å². The van der Waals surface area contributed by atoms with Gasteiger partial charge in [0.15, 0.2) is 0 Å². The monoisotopic (exact) mass is 306 g/mol. The Kier molecular flexibility index (Phi) is 3.18. The van der Waals surface area contributed by atoms with Crippen LogP contribution in [0.5, 0.6) is 0 Å². The highest BCUT2D eigenvalue weighted by molar-refractivity contribution is 5.62. The summed E-state index contributed by atoms with van der Waals surface area (Å²) in [5.74, 6) is 0.654.